The highest BCUT2D eigenvalue weighted by atomic mass is 19.1. The number of anilines is 1. The molecule has 0 bridgehead atoms. The summed E-state index contributed by atoms with van der Waals surface area (Å²) >= 11 is 0. The van der Waals surface area contributed by atoms with Gasteiger partial charge in [-0.3, -0.25) is 5.41 Å². The average Bonchev–Trinajstić information content (AvgIpc) is 2.47. The van der Waals surface area contributed by atoms with Crippen LogP contribution in [-0.2, 0) is 6.54 Å². The lowest BCUT2D eigenvalue weighted by atomic mass is 10.1. The molecule has 0 amide bonds. The molecular weight excluding hydrogens is 265 g/mol. The summed E-state index contributed by atoms with van der Waals surface area (Å²) in [6.45, 7) is 5.31. The van der Waals surface area contributed by atoms with E-state index in [1.807, 2.05) is 38.1 Å². The second kappa shape index (κ2) is 6.39. The van der Waals surface area contributed by atoms with Crippen molar-refractivity contribution in [2.75, 3.05) is 11.4 Å². The predicted octanol–water partition coefficient (Wildman–Crippen LogP) is 3.44. The lowest BCUT2D eigenvalue weighted by Gasteiger charge is -2.25. The van der Waals surface area contributed by atoms with Crippen molar-refractivity contribution in [3.63, 3.8) is 0 Å². The number of nitrogens with one attached hydrogen (secondary N) is 1. The van der Waals surface area contributed by atoms with E-state index in [4.69, 9.17) is 11.1 Å². The van der Waals surface area contributed by atoms with Crippen LogP contribution in [0, 0.1) is 18.2 Å². The standard InChI is InChI=1S/C17H20FN3/c1-3-21(15-10-5-4-7-12(15)2)11-13-8-6-9-14(16(13)18)17(19)20/h4-10H,3,11H2,1-2H3,(H3,19,20). The Labute approximate surface area is 124 Å². The van der Waals surface area contributed by atoms with E-state index in [1.165, 1.54) is 6.07 Å². The molecule has 0 unspecified atom stereocenters. The zero-order valence-corrected chi connectivity index (χ0v) is 12.4. The predicted molar refractivity (Wildman–Crippen MR) is 85.3 cm³/mol. The molecule has 0 saturated carbocycles. The molecule has 2 aromatic carbocycles. The Bertz CT molecular complexity index is 652. The van der Waals surface area contributed by atoms with Crippen LogP contribution in [-0.4, -0.2) is 12.4 Å². The van der Waals surface area contributed by atoms with Gasteiger partial charge in [-0.2, -0.15) is 0 Å². The van der Waals surface area contributed by atoms with E-state index in [-0.39, 0.29) is 11.4 Å². The van der Waals surface area contributed by atoms with Gasteiger partial charge < -0.3 is 10.6 Å². The summed E-state index contributed by atoms with van der Waals surface area (Å²) in [5, 5.41) is 7.42. The van der Waals surface area contributed by atoms with Crippen molar-refractivity contribution >= 4 is 11.5 Å². The van der Waals surface area contributed by atoms with E-state index in [0.717, 1.165) is 17.8 Å². The zero-order chi connectivity index (χ0) is 15.4. The van der Waals surface area contributed by atoms with Gasteiger partial charge in [0, 0.05) is 24.3 Å². The Balaban J connectivity index is 2.34. The minimum Gasteiger partial charge on any atom is -0.384 e. The van der Waals surface area contributed by atoms with Crippen LogP contribution in [0.1, 0.15) is 23.6 Å². The number of hydrogen-bond acceptors (Lipinski definition) is 2. The van der Waals surface area contributed by atoms with Gasteiger partial charge in [-0.15, -0.1) is 0 Å². The van der Waals surface area contributed by atoms with Crippen LogP contribution >= 0.6 is 0 Å². The fraction of sp³-hybridized carbons (Fsp3) is 0.235. The Morgan fingerprint density at radius 3 is 2.52 bits per heavy atom. The number of rotatable bonds is 5. The topological polar surface area (TPSA) is 53.1 Å². The molecule has 0 spiro atoms. The Kier molecular flexibility index (Phi) is 4.58. The average molecular weight is 285 g/mol. The molecule has 0 saturated heterocycles. The Morgan fingerprint density at radius 1 is 1.19 bits per heavy atom. The number of halogens is 1. The molecule has 0 aliphatic heterocycles. The van der Waals surface area contributed by atoms with E-state index < -0.39 is 5.82 Å². The molecule has 3 nitrogen and oxygen atoms in total. The SMILES string of the molecule is CCN(Cc1cccc(C(=N)N)c1F)c1ccccc1C. The number of nitrogens with two attached hydrogens (primary N) is 1. The number of aryl methyl sites for hydroxylation is 1. The Hall–Kier alpha value is -2.36. The van der Waals surface area contributed by atoms with E-state index in [0.29, 0.717) is 12.1 Å². The number of nitrogen functional groups attached to an aromatic ring is 1. The monoisotopic (exact) mass is 285 g/mol. The molecule has 0 atom stereocenters. The molecule has 3 N–H and O–H groups in total. The van der Waals surface area contributed by atoms with Crippen molar-refractivity contribution in [2.24, 2.45) is 5.73 Å². The van der Waals surface area contributed by atoms with Gasteiger partial charge in [0.15, 0.2) is 0 Å². The van der Waals surface area contributed by atoms with Crippen molar-refractivity contribution in [3.05, 3.63) is 65.0 Å². The van der Waals surface area contributed by atoms with Crippen LogP contribution in [0.2, 0.25) is 0 Å². The molecular formula is C17H20FN3. The second-order valence-corrected chi connectivity index (χ2v) is 4.99. The number of benzene rings is 2. The van der Waals surface area contributed by atoms with Crippen molar-refractivity contribution < 1.29 is 4.39 Å². The van der Waals surface area contributed by atoms with Crippen LogP contribution in [0.25, 0.3) is 0 Å². The molecule has 2 rings (SSSR count). The summed E-state index contributed by atoms with van der Waals surface area (Å²) in [7, 11) is 0. The maximum atomic E-state index is 14.4. The molecule has 0 aromatic heterocycles. The highest BCUT2D eigenvalue weighted by molar-refractivity contribution is 5.95. The molecule has 0 fully saturated rings. The van der Waals surface area contributed by atoms with Crippen LogP contribution < -0.4 is 10.6 Å². The first-order valence-corrected chi connectivity index (χ1v) is 6.97. The highest BCUT2D eigenvalue weighted by Crippen LogP contribution is 2.23. The molecule has 0 aliphatic carbocycles. The lowest BCUT2D eigenvalue weighted by molar-refractivity contribution is 0.602. The van der Waals surface area contributed by atoms with E-state index in [9.17, 15) is 4.39 Å². The number of nitrogens with zero attached hydrogens (tertiary/aromatic N) is 1. The molecule has 21 heavy (non-hydrogen) atoms. The molecule has 110 valence electrons. The van der Waals surface area contributed by atoms with Crippen molar-refractivity contribution in [2.45, 2.75) is 20.4 Å². The summed E-state index contributed by atoms with van der Waals surface area (Å²) in [5.41, 5.74) is 8.37. The summed E-state index contributed by atoms with van der Waals surface area (Å²) in [6, 6.07) is 13.1. The van der Waals surface area contributed by atoms with Gasteiger partial charge >= 0.3 is 0 Å². The molecule has 4 heteroatoms. The van der Waals surface area contributed by atoms with Gasteiger partial charge in [-0.05, 0) is 31.5 Å². The van der Waals surface area contributed by atoms with Crippen LogP contribution in [0.4, 0.5) is 10.1 Å². The minimum absolute atomic E-state index is 0.160. The second-order valence-electron chi connectivity index (χ2n) is 4.99. The molecule has 0 radical (unpaired) electrons. The fourth-order valence-electron chi connectivity index (χ4n) is 2.40. The number of para-hydroxylation sites is 1. The third-order valence-corrected chi connectivity index (χ3v) is 3.57. The van der Waals surface area contributed by atoms with Crippen LogP contribution in [0.3, 0.4) is 0 Å². The van der Waals surface area contributed by atoms with Gasteiger partial charge in [0.1, 0.15) is 11.7 Å². The van der Waals surface area contributed by atoms with Gasteiger partial charge in [-0.1, -0.05) is 30.3 Å². The van der Waals surface area contributed by atoms with Crippen molar-refractivity contribution in [1.82, 2.24) is 0 Å². The largest absolute Gasteiger partial charge is 0.384 e. The van der Waals surface area contributed by atoms with E-state index in [1.54, 1.807) is 12.1 Å². The highest BCUT2D eigenvalue weighted by Gasteiger charge is 2.14. The van der Waals surface area contributed by atoms with Gasteiger partial charge in [0.2, 0.25) is 0 Å². The number of amidine groups is 1. The smallest absolute Gasteiger partial charge is 0.139 e. The summed E-state index contributed by atoms with van der Waals surface area (Å²) in [4.78, 5) is 2.11. The summed E-state index contributed by atoms with van der Waals surface area (Å²) in [5.74, 6) is -0.648. The maximum absolute atomic E-state index is 14.4. The number of hydrogen-bond donors (Lipinski definition) is 2. The summed E-state index contributed by atoms with van der Waals surface area (Å²) < 4.78 is 14.4. The van der Waals surface area contributed by atoms with Gasteiger partial charge in [0.25, 0.3) is 0 Å². The minimum atomic E-state index is -0.406. The quantitative estimate of drug-likeness (QED) is 0.653. The van der Waals surface area contributed by atoms with Crippen LogP contribution in [0.15, 0.2) is 42.5 Å². The van der Waals surface area contributed by atoms with E-state index in [2.05, 4.69) is 4.90 Å². The van der Waals surface area contributed by atoms with Gasteiger partial charge in [-0.25, -0.2) is 4.39 Å². The first-order chi connectivity index (χ1) is 10.0. The van der Waals surface area contributed by atoms with Crippen molar-refractivity contribution in [1.29, 1.82) is 5.41 Å². The van der Waals surface area contributed by atoms with Crippen molar-refractivity contribution in [3.8, 4) is 0 Å². The third-order valence-electron chi connectivity index (χ3n) is 3.57. The Morgan fingerprint density at radius 2 is 1.90 bits per heavy atom. The maximum Gasteiger partial charge on any atom is 0.139 e. The normalized spacial score (nSPS) is 10.4. The first-order valence-electron chi connectivity index (χ1n) is 6.97. The first kappa shape index (κ1) is 15.0. The van der Waals surface area contributed by atoms with Crippen LogP contribution in [0.5, 0.6) is 0 Å². The van der Waals surface area contributed by atoms with Gasteiger partial charge in [0.05, 0.1) is 5.56 Å². The summed E-state index contributed by atoms with van der Waals surface area (Å²) in [6.07, 6.45) is 0. The zero-order valence-electron chi connectivity index (χ0n) is 12.4. The molecule has 2 aromatic rings. The van der Waals surface area contributed by atoms with E-state index >= 15 is 0 Å². The lowest BCUT2D eigenvalue weighted by Crippen LogP contribution is -2.24. The molecule has 0 heterocycles. The third kappa shape index (κ3) is 3.21. The fourth-order valence-corrected chi connectivity index (χ4v) is 2.40. The molecule has 0 aliphatic rings.